The Hall–Kier alpha value is -0.570. The van der Waals surface area contributed by atoms with Crippen molar-refractivity contribution in [3.8, 4) is 0 Å². The van der Waals surface area contributed by atoms with E-state index in [-0.39, 0.29) is 12.4 Å². The van der Waals surface area contributed by atoms with Crippen LogP contribution in [-0.2, 0) is 9.53 Å². The number of hydrogen-bond acceptors (Lipinski definition) is 3. The summed E-state index contributed by atoms with van der Waals surface area (Å²) in [5.41, 5.74) is 0. The number of aliphatic hydroxyl groups is 1. The Labute approximate surface area is 80.1 Å². The molecular weight excluding hydrogens is 168 g/mol. The summed E-state index contributed by atoms with van der Waals surface area (Å²) < 4.78 is 4.93. The van der Waals surface area contributed by atoms with Gasteiger partial charge in [-0.2, -0.15) is 0 Å². The molecule has 0 aromatic heterocycles. The minimum atomic E-state index is -0.601. The average molecular weight is 188 g/mol. The lowest BCUT2D eigenvalue weighted by atomic mass is 10.1. The standard InChI is InChI=1S/C10H20O3/c1-4-8(2)5-6-13-10(12)7-9(3)11/h8-9,11H,4-7H2,1-3H3. The van der Waals surface area contributed by atoms with Gasteiger partial charge in [-0.05, 0) is 19.3 Å². The summed E-state index contributed by atoms with van der Waals surface area (Å²) in [5.74, 6) is 0.289. The molecule has 13 heavy (non-hydrogen) atoms. The van der Waals surface area contributed by atoms with E-state index in [9.17, 15) is 4.79 Å². The van der Waals surface area contributed by atoms with Gasteiger partial charge in [0, 0.05) is 0 Å². The molecular formula is C10H20O3. The van der Waals surface area contributed by atoms with Gasteiger partial charge in [0.25, 0.3) is 0 Å². The van der Waals surface area contributed by atoms with Crippen molar-refractivity contribution in [2.45, 2.75) is 46.1 Å². The van der Waals surface area contributed by atoms with Crippen LogP contribution >= 0.6 is 0 Å². The van der Waals surface area contributed by atoms with Crippen molar-refractivity contribution in [1.82, 2.24) is 0 Å². The number of ether oxygens (including phenoxy) is 1. The van der Waals surface area contributed by atoms with Gasteiger partial charge in [0.1, 0.15) is 0 Å². The molecule has 3 heteroatoms. The predicted octanol–water partition coefficient (Wildman–Crippen LogP) is 1.74. The smallest absolute Gasteiger partial charge is 0.308 e. The third-order valence-electron chi connectivity index (χ3n) is 2.03. The molecule has 0 heterocycles. The predicted molar refractivity (Wildman–Crippen MR) is 51.3 cm³/mol. The number of esters is 1. The highest BCUT2D eigenvalue weighted by Gasteiger charge is 2.07. The molecule has 1 N–H and O–H groups in total. The van der Waals surface area contributed by atoms with E-state index in [0.29, 0.717) is 12.5 Å². The van der Waals surface area contributed by atoms with E-state index in [2.05, 4.69) is 13.8 Å². The zero-order chi connectivity index (χ0) is 10.3. The zero-order valence-corrected chi connectivity index (χ0v) is 8.75. The summed E-state index contributed by atoms with van der Waals surface area (Å²) in [6.07, 6.45) is 1.51. The van der Waals surface area contributed by atoms with Crippen molar-refractivity contribution in [3.63, 3.8) is 0 Å². The van der Waals surface area contributed by atoms with E-state index in [1.54, 1.807) is 6.92 Å². The Morgan fingerprint density at radius 2 is 2.08 bits per heavy atom. The number of carbonyl (C=O) groups excluding carboxylic acids is 1. The molecule has 0 aromatic carbocycles. The van der Waals surface area contributed by atoms with Crippen LogP contribution in [0.3, 0.4) is 0 Å². The first-order valence-electron chi connectivity index (χ1n) is 4.90. The highest BCUT2D eigenvalue weighted by molar-refractivity contribution is 5.69. The number of carbonyl (C=O) groups is 1. The molecule has 0 saturated carbocycles. The van der Waals surface area contributed by atoms with Crippen LogP contribution < -0.4 is 0 Å². The largest absolute Gasteiger partial charge is 0.466 e. The van der Waals surface area contributed by atoms with E-state index in [1.807, 2.05) is 0 Å². The van der Waals surface area contributed by atoms with Crippen LogP contribution in [0.15, 0.2) is 0 Å². The molecule has 3 nitrogen and oxygen atoms in total. The fourth-order valence-corrected chi connectivity index (χ4v) is 0.878. The first-order chi connectivity index (χ1) is 6.06. The van der Waals surface area contributed by atoms with Crippen LogP contribution in [0, 0.1) is 5.92 Å². The molecule has 0 saturated heterocycles. The van der Waals surface area contributed by atoms with Crippen LogP contribution in [-0.4, -0.2) is 23.8 Å². The van der Waals surface area contributed by atoms with E-state index in [1.165, 1.54) is 0 Å². The van der Waals surface area contributed by atoms with E-state index >= 15 is 0 Å². The lowest BCUT2D eigenvalue weighted by molar-refractivity contribution is -0.145. The Balaban J connectivity index is 3.37. The van der Waals surface area contributed by atoms with Crippen molar-refractivity contribution in [2.24, 2.45) is 5.92 Å². The molecule has 0 rings (SSSR count). The minimum absolute atomic E-state index is 0.0977. The minimum Gasteiger partial charge on any atom is -0.466 e. The Morgan fingerprint density at radius 1 is 1.46 bits per heavy atom. The second-order valence-electron chi connectivity index (χ2n) is 3.58. The van der Waals surface area contributed by atoms with Gasteiger partial charge in [-0.15, -0.1) is 0 Å². The summed E-state index contributed by atoms with van der Waals surface area (Å²) >= 11 is 0. The van der Waals surface area contributed by atoms with Crippen molar-refractivity contribution in [3.05, 3.63) is 0 Å². The monoisotopic (exact) mass is 188 g/mol. The second kappa shape index (κ2) is 6.89. The maximum atomic E-state index is 10.9. The van der Waals surface area contributed by atoms with Crippen molar-refractivity contribution < 1.29 is 14.6 Å². The van der Waals surface area contributed by atoms with Gasteiger partial charge in [-0.1, -0.05) is 20.3 Å². The molecule has 0 bridgehead atoms. The van der Waals surface area contributed by atoms with Gasteiger partial charge in [0.2, 0.25) is 0 Å². The summed E-state index contributed by atoms with van der Waals surface area (Å²) in [7, 11) is 0. The maximum absolute atomic E-state index is 10.9. The van der Waals surface area contributed by atoms with E-state index in [0.717, 1.165) is 12.8 Å². The average Bonchev–Trinajstić information content (AvgIpc) is 2.02. The number of aliphatic hydroxyl groups excluding tert-OH is 1. The highest BCUT2D eigenvalue weighted by Crippen LogP contribution is 2.06. The van der Waals surface area contributed by atoms with Crippen LogP contribution in [0.5, 0.6) is 0 Å². The zero-order valence-electron chi connectivity index (χ0n) is 8.75. The summed E-state index contributed by atoms with van der Waals surface area (Å²) in [6.45, 7) is 6.29. The fourth-order valence-electron chi connectivity index (χ4n) is 0.878. The number of rotatable bonds is 6. The van der Waals surface area contributed by atoms with Crippen LogP contribution in [0.4, 0.5) is 0 Å². The van der Waals surface area contributed by atoms with Crippen LogP contribution in [0.2, 0.25) is 0 Å². The molecule has 0 aliphatic carbocycles. The van der Waals surface area contributed by atoms with Crippen molar-refractivity contribution in [2.75, 3.05) is 6.61 Å². The summed E-state index contributed by atoms with van der Waals surface area (Å²) in [4.78, 5) is 10.9. The van der Waals surface area contributed by atoms with Crippen LogP contribution in [0.25, 0.3) is 0 Å². The van der Waals surface area contributed by atoms with Gasteiger partial charge in [0.15, 0.2) is 0 Å². The number of hydrogen-bond donors (Lipinski definition) is 1. The summed E-state index contributed by atoms with van der Waals surface area (Å²) in [5, 5.41) is 8.88. The van der Waals surface area contributed by atoms with Gasteiger partial charge >= 0.3 is 5.97 Å². The van der Waals surface area contributed by atoms with E-state index < -0.39 is 6.10 Å². The molecule has 0 aliphatic heterocycles. The third-order valence-corrected chi connectivity index (χ3v) is 2.03. The van der Waals surface area contributed by atoms with Crippen molar-refractivity contribution >= 4 is 5.97 Å². The third kappa shape index (κ3) is 7.78. The lowest BCUT2D eigenvalue weighted by Crippen LogP contribution is -2.14. The first kappa shape index (κ1) is 12.4. The molecule has 0 fully saturated rings. The Kier molecular flexibility index (Phi) is 6.59. The van der Waals surface area contributed by atoms with E-state index in [4.69, 9.17) is 9.84 Å². The normalized spacial score (nSPS) is 15.1. The van der Waals surface area contributed by atoms with Gasteiger partial charge in [-0.25, -0.2) is 0 Å². The molecule has 0 aromatic rings. The SMILES string of the molecule is CCC(C)CCOC(=O)CC(C)O. The van der Waals surface area contributed by atoms with Gasteiger partial charge in [-0.3, -0.25) is 4.79 Å². The lowest BCUT2D eigenvalue weighted by Gasteiger charge is -2.09. The van der Waals surface area contributed by atoms with Crippen molar-refractivity contribution in [1.29, 1.82) is 0 Å². The molecule has 2 atom stereocenters. The molecule has 78 valence electrons. The van der Waals surface area contributed by atoms with Gasteiger partial charge in [0.05, 0.1) is 19.1 Å². The van der Waals surface area contributed by atoms with Crippen LogP contribution in [0.1, 0.15) is 40.0 Å². The fraction of sp³-hybridized carbons (Fsp3) is 0.900. The molecule has 0 aliphatic rings. The Morgan fingerprint density at radius 3 is 2.54 bits per heavy atom. The first-order valence-corrected chi connectivity index (χ1v) is 4.90. The topological polar surface area (TPSA) is 46.5 Å². The molecule has 2 unspecified atom stereocenters. The second-order valence-corrected chi connectivity index (χ2v) is 3.58. The molecule has 0 spiro atoms. The maximum Gasteiger partial charge on any atom is 0.308 e. The highest BCUT2D eigenvalue weighted by atomic mass is 16.5. The molecule has 0 radical (unpaired) electrons. The Bertz CT molecular complexity index is 143. The molecule has 0 amide bonds. The van der Waals surface area contributed by atoms with Gasteiger partial charge < -0.3 is 9.84 Å². The quantitative estimate of drug-likeness (QED) is 0.646. The summed E-state index contributed by atoms with van der Waals surface area (Å²) in [6, 6.07) is 0.